The van der Waals surface area contributed by atoms with E-state index < -0.39 is 0 Å². The first-order chi connectivity index (χ1) is 9.79. The number of aryl methyl sites for hydroxylation is 1. The van der Waals surface area contributed by atoms with Crippen molar-refractivity contribution in [1.82, 2.24) is 10.1 Å². The van der Waals surface area contributed by atoms with E-state index in [0.717, 1.165) is 42.0 Å². The maximum Gasteiger partial charge on any atom is 0.226 e. The van der Waals surface area contributed by atoms with Crippen molar-refractivity contribution in [3.63, 3.8) is 0 Å². The first kappa shape index (κ1) is 15.2. The Labute approximate surface area is 127 Å². The van der Waals surface area contributed by atoms with Gasteiger partial charge in [-0.1, -0.05) is 52.1 Å². The van der Waals surface area contributed by atoms with Crippen LogP contribution in [0.2, 0.25) is 0 Å². The summed E-state index contributed by atoms with van der Waals surface area (Å²) in [4.78, 5) is 4.44. The summed E-state index contributed by atoms with van der Waals surface area (Å²) in [6.45, 7) is 0.774. The predicted molar refractivity (Wildman–Crippen MR) is 82.5 cm³/mol. The molecule has 0 spiro atoms. The Balaban J connectivity index is 1.82. The van der Waals surface area contributed by atoms with Crippen LogP contribution in [-0.4, -0.2) is 16.7 Å². The third-order valence-corrected chi connectivity index (χ3v) is 3.93. The molecule has 0 atom stereocenters. The molecule has 5 heteroatoms. The van der Waals surface area contributed by atoms with Gasteiger partial charge in [-0.25, -0.2) is 0 Å². The maximum absolute atomic E-state index is 5.47. The van der Waals surface area contributed by atoms with Gasteiger partial charge in [0.05, 0.1) is 0 Å². The molecule has 20 heavy (non-hydrogen) atoms. The number of benzene rings is 1. The van der Waals surface area contributed by atoms with Crippen molar-refractivity contribution in [2.75, 3.05) is 6.54 Å². The van der Waals surface area contributed by atoms with Gasteiger partial charge in [0.25, 0.3) is 0 Å². The molecule has 108 valence electrons. The largest absolute Gasteiger partial charge is 0.339 e. The van der Waals surface area contributed by atoms with E-state index in [9.17, 15) is 0 Å². The molecule has 0 aliphatic carbocycles. The van der Waals surface area contributed by atoms with Crippen LogP contribution >= 0.6 is 15.9 Å². The van der Waals surface area contributed by atoms with Crippen molar-refractivity contribution in [3.8, 4) is 0 Å². The first-order valence-corrected chi connectivity index (χ1v) is 7.84. The Hall–Kier alpha value is -1.20. The molecule has 0 bridgehead atoms. The molecule has 1 aromatic heterocycles. The Morgan fingerprint density at radius 1 is 1.10 bits per heavy atom. The minimum absolute atomic E-state index is 0.693. The molecule has 1 heterocycles. The first-order valence-electron chi connectivity index (χ1n) is 7.04. The van der Waals surface area contributed by atoms with Crippen molar-refractivity contribution < 1.29 is 4.52 Å². The van der Waals surface area contributed by atoms with Crippen LogP contribution in [0, 0.1) is 0 Å². The van der Waals surface area contributed by atoms with Gasteiger partial charge in [-0.15, -0.1) is 0 Å². The van der Waals surface area contributed by atoms with Gasteiger partial charge in [-0.3, -0.25) is 0 Å². The summed E-state index contributed by atoms with van der Waals surface area (Å²) in [6, 6.07) is 8.09. The summed E-state index contributed by atoms with van der Waals surface area (Å²) in [7, 11) is 0. The van der Waals surface area contributed by atoms with Crippen LogP contribution in [0.4, 0.5) is 0 Å². The fourth-order valence-electron chi connectivity index (χ4n) is 2.05. The minimum atomic E-state index is 0.693. The van der Waals surface area contributed by atoms with Crippen LogP contribution in [0.5, 0.6) is 0 Å². The molecule has 0 unspecified atom stereocenters. The van der Waals surface area contributed by atoms with Gasteiger partial charge in [0.1, 0.15) is 0 Å². The van der Waals surface area contributed by atoms with E-state index in [1.54, 1.807) is 0 Å². The highest BCUT2D eigenvalue weighted by molar-refractivity contribution is 9.10. The quantitative estimate of drug-likeness (QED) is 0.749. The number of hydrogen-bond donors (Lipinski definition) is 1. The third kappa shape index (κ3) is 4.72. The minimum Gasteiger partial charge on any atom is -0.339 e. The number of nitrogens with two attached hydrogens (primary N) is 1. The number of unbranched alkanes of at least 4 members (excludes halogenated alkanes) is 3. The average Bonchev–Trinajstić information content (AvgIpc) is 2.89. The number of halogens is 1. The van der Waals surface area contributed by atoms with Crippen LogP contribution in [0.15, 0.2) is 33.3 Å². The monoisotopic (exact) mass is 337 g/mol. The summed E-state index contributed by atoms with van der Waals surface area (Å²) in [6.07, 6.45) is 6.06. The molecule has 0 amide bonds. The van der Waals surface area contributed by atoms with Gasteiger partial charge in [0.15, 0.2) is 5.82 Å². The van der Waals surface area contributed by atoms with Gasteiger partial charge in [0.2, 0.25) is 5.89 Å². The zero-order chi connectivity index (χ0) is 14.2. The molecule has 2 aromatic rings. The van der Waals surface area contributed by atoms with Crippen molar-refractivity contribution >= 4 is 15.9 Å². The summed E-state index contributed by atoms with van der Waals surface area (Å²) >= 11 is 3.53. The van der Waals surface area contributed by atoms with Crippen LogP contribution in [0.1, 0.15) is 43.0 Å². The van der Waals surface area contributed by atoms with E-state index in [1.165, 1.54) is 18.4 Å². The van der Waals surface area contributed by atoms with E-state index in [-0.39, 0.29) is 0 Å². The highest BCUT2D eigenvalue weighted by Crippen LogP contribution is 2.18. The second-order valence-corrected chi connectivity index (χ2v) is 5.68. The second kappa shape index (κ2) is 8.17. The predicted octanol–water partition coefficient (Wildman–Crippen LogP) is 3.48. The number of rotatable bonds is 8. The van der Waals surface area contributed by atoms with E-state index in [4.69, 9.17) is 10.3 Å². The second-order valence-electron chi connectivity index (χ2n) is 4.83. The zero-order valence-corrected chi connectivity index (χ0v) is 13.1. The molecule has 4 nitrogen and oxygen atoms in total. The molecule has 2 rings (SSSR count). The Morgan fingerprint density at radius 3 is 2.70 bits per heavy atom. The lowest BCUT2D eigenvalue weighted by atomic mass is 10.1. The Morgan fingerprint density at radius 2 is 1.90 bits per heavy atom. The van der Waals surface area contributed by atoms with Crippen LogP contribution in [0.25, 0.3) is 0 Å². The van der Waals surface area contributed by atoms with E-state index >= 15 is 0 Å². The van der Waals surface area contributed by atoms with Crippen LogP contribution in [0.3, 0.4) is 0 Å². The zero-order valence-electron chi connectivity index (χ0n) is 11.5. The van der Waals surface area contributed by atoms with E-state index in [1.807, 2.05) is 18.2 Å². The highest BCUT2D eigenvalue weighted by atomic mass is 79.9. The molecule has 0 fully saturated rings. The average molecular weight is 338 g/mol. The number of nitrogens with zero attached hydrogens (tertiary/aromatic N) is 2. The molecule has 0 radical (unpaired) electrons. The molecule has 2 N–H and O–H groups in total. The summed E-state index contributed by atoms with van der Waals surface area (Å²) in [5, 5.41) is 4.04. The molecule has 0 saturated heterocycles. The van der Waals surface area contributed by atoms with E-state index in [0.29, 0.717) is 6.42 Å². The van der Waals surface area contributed by atoms with Crippen molar-refractivity contribution in [2.24, 2.45) is 5.73 Å². The lowest BCUT2D eigenvalue weighted by molar-refractivity contribution is 0.369. The fourth-order valence-corrected chi connectivity index (χ4v) is 2.47. The molecular formula is C15H20BrN3O. The Kier molecular flexibility index (Phi) is 6.21. The number of hydrogen-bond acceptors (Lipinski definition) is 4. The summed E-state index contributed by atoms with van der Waals surface area (Å²) in [5.74, 6) is 1.48. The van der Waals surface area contributed by atoms with Crippen LogP contribution in [-0.2, 0) is 12.8 Å². The maximum atomic E-state index is 5.47. The lowest BCUT2D eigenvalue weighted by Gasteiger charge is -1.99. The summed E-state index contributed by atoms with van der Waals surface area (Å²) < 4.78 is 6.36. The summed E-state index contributed by atoms with van der Waals surface area (Å²) in [5.41, 5.74) is 6.64. The molecular weight excluding hydrogens is 318 g/mol. The van der Waals surface area contributed by atoms with Gasteiger partial charge in [0, 0.05) is 17.3 Å². The third-order valence-electron chi connectivity index (χ3n) is 3.16. The van der Waals surface area contributed by atoms with Crippen molar-refractivity contribution in [2.45, 2.75) is 38.5 Å². The standard InChI is InChI=1S/C15H20BrN3O/c16-13-8-5-4-7-12(13)11-14-18-15(20-19-14)9-3-1-2-6-10-17/h4-5,7-8H,1-3,6,9-11,17H2. The molecule has 0 aliphatic heterocycles. The lowest BCUT2D eigenvalue weighted by Crippen LogP contribution is -1.98. The van der Waals surface area contributed by atoms with E-state index in [2.05, 4.69) is 32.1 Å². The Bertz CT molecular complexity index is 527. The van der Waals surface area contributed by atoms with Gasteiger partial charge in [-0.2, -0.15) is 4.98 Å². The number of aromatic nitrogens is 2. The highest BCUT2D eigenvalue weighted by Gasteiger charge is 2.08. The molecule has 0 saturated carbocycles. The smallest absolute Gasteiger partial charge is 0.226 e. The van der Waals surface area contributed by atoms with Gasteiger partial charge >= 0.3 is 0 Å². The van der Waals surface area contributed by atoms with Crippen LogP contribution < -0.4 is 5.73 Å². The fraction of sp³-hybridized carbons (Fsp3) is 0.467. The normalized spacial score (nSPS) is 10.9. The van der Waals surface area contributed by atoms with Crippen molar-refractivity contribution in [1.29, 1.82) is 0 Å². The molecule has 0 aliphatic rings. The van der Waals surface area contributed by atoms with Gasteiger partial charge in [-0.05, 0) is 31.0 Å². The van der Waals surface area contributed by atoms with Gasteiger partial charge < -0.3 is 10.3 Å². The topological polar surface area (TPSA) is 64.9 Å². The SMILES string of the molecule is NCCCCCCc1nc(Cc2ccccc2Br)no1. The van der Waals surface area contributed by atoms with Crippen molar-refractivity contribution in [3.05, 3.63) is 46.0 Å². The molecule has 1 aromatic carbocycles.